The van der Waals surface area contributed by atoms with Crippen molar-refractivity contribution in [3.8, 4) is 0 Å². The Hall–Kier alpha value is -2.57. The summed E-state index contributed by atoms with van der Waals surface area (Å²) < 4.78 is 1.27. The van der Waals surface area contributed by atoms with E-state index in [1.807, 2.05) is 36.4 Å². The van der Waals surface area contributed by atoms with Gasteiger partial charge in [-0.2, -0.15) is 0 Å². The molecule has 1 aliphatic carbocycles. The van der Waals surface area contributed by atoms with E-state index in [0.717, 1.165) is 51.4 Å². The predicted molar refractivity (Wildman–Crippen MR) is 112 cm³/mol. The molecule has 0 bridgehead atoms. The molecule has 0 saturated heterocycles. The third kappa shape index (κ3) is 2.59. The fourth-order valence-electron chi connectivity index (χ4n) is 3.87. The van der Waals surface area contributed by atoms with Crippen LogP contribution in [0.15, 0.2) is 47.3 Å². The quantitative estimate of drug-likeness (QED) is 0.472. The van der Waals surface area contributed by atoms with Crippen LogP contribution in [0.5, 0.6) is 0 Å². The molecule has 2 heterocycles. The molecule has 0 amide bonds. The van der Waals surface area contributed by atoms with Gasteiger partial charge in [-0.25, -0.2) is 4.57 Å². The highest BCUT2D eigenvalue weighted by Gasteiger charge is 2.22. The van der Waals surface area contributed by atoms with E-state index < -0.39 is 0 Å². The number of nitrogens with one attached hydrogen (secondary N) is 1. The Balaban J connectivity index is 1.72. The van der Waals surface area contributed by atoms with Crippen molar-refractivity contribution in [2.75, 3.05) is 0 Å². The molecule has 2 aromatic carbocycles. The number of hydrogen-bond donors (Lipinski definition) is 1. The molecule has 0 radical (unpaired) electrons. The number of carbonyl (C=O) groups excluding carboxylic acids is 1. The van der Waals surface area contributed by atoms with Gasteiger partial charge < -0.3 is 4.98 Å². The molecule has 6 heteroatoms. The van der Waals surface area contributed by atoms with Gasteiger partial charge >= 0.3 is 0 Å². The van der Waals surface area contributed by atoms with Crippen molar-refractivity contribution in [1.29, 1.82) is 0 Å². The Bertz CT molecular complexity index is 1340. The van der Waals surface area contributed by atoms with Gasteiger partial charge in [-0.3, -0.25) is 9.59 Å². The molecule has 0 saturated carbocycles. The largest absolute Gasteiger partial charge is 0.323 e. The summed E-state index contributed by atoms with van der Waals surface area (Å²) in [5, 5.41) is 2.65. The van der Waals surface area contributed by atoms with Gasteiger partial charge in [-0.15, -0.1) is 11.3 Å². The fourth-order valence-corrected chi connectivity index (χ4v) is 5.49. The lowest BCUT2D eigenvalue weighted by Crippen LogP contribution is -2.29. The Labute approximate surface area is 164 Å². The molecule has 4 aromatic rings. The molecule has 4 nitrogen and oxygen atoms in total. The molecule has 134 valence electrons. The van der Waals surface area contributed by atoms with E-state index in [1.165, 1.54) is 4.88 Å². The topological polar surface area (TPSA) is 54.9 Å². The summed E-state index contributed by atoms with van der Waals surface area (Å²) in [7, 11) is 0. The molecule has 5 rings (SSSR count). The molecular weight excluding hydrogens is 376 g/mol. The number of aromatic amines is 1. The van der Waals surface area contributed by atoms with Crippen molar-refractivity contribution >= 4 is 50.5 Å². The Morgan fingerprint density at radius 2 is 1.85 bits per heavy atom. The zero-order valence-electron chi connectivity index (χ0n) is 14.5. The first kappa shape index (κ1) is 16.6. The fraction of sp³-hybridized carbons (Fsp3) is 0.190. The summed E-state index contributed by atoms with van der Waals surface area (Å²) in [6, 6.07) is 13.3. The lowest BCUT2D eigenvalue weighted by molar-refractivity contribution is 0.0954. The number of carbonyl (C=O) groups is 1. The Kier molecular flexibility index (Phi) is 3.84. The van der Waals surface area contributed by atoms with Crippen LogP contribution in [0.3, 0.4) is 0 Å². The molecular formula is C21H16N2O2S2. The first-order chi connectivity index (χ1) is 13.1. The number of fused-ring (bicyclic) bond motifs is 4. The number of hydrogen-bond acceptors (Lipinski definition) is 4. The van der Waals surface area contributed by atoms with E-state index in [-0.39, 0.29) is 16.2 Å². The second-order valence-corrected chi connectivity index (χ2v) is 8.34. The van der Waals surface area contributed by atoms with Crippen LogP contribution in [0.2, 0.25) is 0 Å². The van der Waals surface area contributed by atoms with Gasteiger partial charge in [0, 0.05) is 10.4 Å². The Morgan fingerprint density at radius 3 is 2.70 bits per heavy atom. The minimum Gasteiger partial charge on any atom is -0.323 e. The van der Waals surface area contributed by atoms with E-state index >= 15 is 0 Å². The zero-order valence-corrected chi connectivity index (χ0v) is 16.1. The first-order valence-corrected chi connectivity index (χ1v) is 10.2. The van der Waals surface area contributed by atoms with Crippen molar-refractivity contribution in [2.24, 2.45) is 0 Å². The van der Waals surface area contributed by atoms with E-state index in [4.69, 9.17) is 12.2 Å². The molecule has 0 atom stereocenters. The van der Waals surface area contributed by atoms with E-state index in [1.54, 1.807) is 17.4 Å². The maximum absolute atomic E-state index is 13.2. The van der Waals surface area contributed by atoms with Crippen molar-refractivity contribution < 1.29 is 4.79 Å². The number of thiophene rings is 1. The first-order valence-electron chi connectivity index (χ1n) is 8.96. The van der Waals surface area contributed by atoms with E-state index in [0.29, 0.717) is 10.9 Å². The standard InChI is InChI=1S/C21H16N2O2S2/c24-19(14-10-9-12-5-1-2-6-13(12)11-14)23-20(25)17-15-7-3-4-8-16(15)27-18(17)22-21(23)26/h1-2,5-6,9-11H,3-4,7-8H2,(H,22,26). The highest BCUT2D eigenvalue weighted by atomic mass is 32.1. The second-order valence-electron chi connectivity index (χ2n) is 6.85. The van der Waals surface area contributed by atoms with Crippen LogP contribution >= 0.6 is 23.6 Å². The van der Waals surface area contributed by atoms with Crippen LogP contribution in [-0.2, 0) is 12.8 Å². The molecule has 27 heavy (non-hydrogen) atoms. The maximum Gasteiger partial charge on any atom is 0.270 e. The van der Waals surface area contributed by atoms with Gasteiger partial charge in [-0.05, 0) is 66.4 Å². The minimum atomic E-state index is -0.385. The van der Waals surface area contributed by atoms with Gasteiger partial charge in [0.2, 0.25) is 0 Å². The van der Waals surface area contributed by atoms with Crippen molar-refractivity contribution in [3.05, 3.63) is 73.6 Å². The summed E-state index contributed by atoms with van der Waals surface area (Å²) in [4.78, 5) is 31.5. The van der Waals surface area contributed by atoms with Gasteiger partial charge in [0.05, 0.1) is 5.39 Å². The average Bonchev–Trinajstić information content (AvgIpc) is 3.05. The molecule has 0 fully saturated rings. The van der Waals surface area contributed by atoms with Crippen molar-refractivity contribution in [1.82, 2.24) is 9.55 Å². The van der Waals surface area contributed by atoms with Gasteiger partial charge in [0.25, 0.3) is 11.5 Å². The molecule has 0 spiro atoms. The summed E-state index contributed by atoms with van der Waals surface area (Å²) in [6.07, 6.45) is 4.10. The summed E-state index contributed by atoms with van der Waals surface area (Å²) >= 11 is 6.97. The number of aryl methyl sites for hydroxylation is 2. The van der Waals surface area contributed by atoms with Crippen molar-refractivity contribution in [3.63, 3.8) is 0 Å². The summed E-state index contributed by atoms with van der Waals surface area (Å²) in [5.74, 6) is -0.385. The van der Waals surface area contributed by atoms with Crippen LogP contribution < -0.4 is 5.56 Å². The highest BCUT2D eigenvalue weighted by molar-refractivity contribution is 7.71. The molecule has 0 aliphatic heterocycles. The lowest BCUT2D eigenvalue weighted by Gasteiger charge is -2.10. The third-order valence-corrected chi connectivity index (χ3v) is 6.70. The second kappa shape index (κ2) is 6.25. The summed E-state index contributed by atoms with van der Waals surface area (Å²) in [6.45, 7) is 0. The predicted octanol–water partition coefficient (Wildman–Crippen LogP) is 4.84. The van der Waals surface area contributed by atoms with Crippen LogP contribution in [-0.4, -0.2) is 15.5 Å². The van der Waals surface area contributed by atoms with Crippen molar-refractivity contribution in [2.45, 2.75) is 25.7 Å². The molecule has 2 aromatic heterocycles. The monoisotopic (exact) mass is 392 g/mol. The zero-order chi connectivity index (χ0) is 18.5. The maximum atomic E-state index is 13.2. The van der Waals surface area contributed by atoms with E-state index in [9.17, 15) is 9.59 Å². The van der Waals surface area contributed by atoms with Gasteiger partial charge in [0.1, 0.15) is 4.83 Å². The SMILES string of the molecule is O=C(c1ccc2ccccc2c1)n1c(=S)[nH]c2sc3c(c2c1=O)CCCC3. The number of H-pyrrole nitrogens is 1. The molecule has 1 N–H and O–H groups in total. The third-order valence-electron chi connectivity index (χ3n) is 5.21. The van der Waals surface area contributed by atoms with Crippen LogP contribution in [0, 0.1) is 4.77 Å². The number of benzene rings is 2. The highest BCUT2D eigenvalue weighted by Crippen LogP contribution is 2.33. The minimum absolute atomic E-state index is 0.157. The normalized spacial score (nSPS) is 13.8. The average molecular weight is 393 g/mol. The van der Waals surface area contributed by atoms with E-state index in [2.05, 4.69) is 4.98 Å². The molecule has 0 unspecified atom stereocenters. The summed E-state index contributed by atoms with van der Waals surface area (Å²) in [5.41, 5.74) is 1.25. The van der Waals surface area contributed by atoms with Gasteiger partial charge in [0.15, 0.2) is 4.77 Å². The lowest BCUT2D eigenvalue weighted by atomic mass is 9.97. The Morgan fingerprint density at radius 1 is 1.07 bits per heavy atom. The number of aromatic nitrogens is 2. The van der Waals surface area contributed by atoms with Crippen LogP contribution in [0.25, 0.3) is 21.0 Å². The number of rotatable bonds is 1. The van der Waals surface area contributed by atoms with Gasteiger partial charge in [-0.1, -0.05) is 30.3 Å². The van der Waals surface area contributed by atoms with Crippen LogP contribution in [0.4, 0.5) is 0 Å². The molecule has 1 aliphatic rings. The smallest absolute Gasteiger partial charge is 0.270 e. The number of nitrogens with zero attached hydrogens (tertiary/aromatic N) is 1. The van der Waals surface area contributed by atoms with Crippen LogP contribution in [0.1, 0.15) is 33.6 Å².